The third kappa shape index (κ3) is 5.28. The molecular formula is C12H16BrFN2O. The minimum absolute atomic E-state index is 0.128. The van der Waals surface area contributed by atoms with Crippen LogP contribution in [-0.4, -0.2) is 19.1 Å². The number of amidine groups is 1. The normalized spacial score (nSPS) is 10.3. The van der Waals surface area contributed by atoms with Crippen LogP contribution in [0.4, 0.5) is 4.39 Å². The largest absolute Gasteiger partial charge is 0.374 e. The fourth-order valence-electron chi connectivity index (χ4n) is 1.29. The first-order valence-electron chi connectivity index (χ1n) is 5.33. The molecule has 0 aromatic heterocycles. The number of ether oxygens (including phenoxy) is 1. The predicted molar refractivity (Wildman–Crippen MR) is 70.0 cm³/mol. The van der Waals surface area contributed by atoms with E-state index in [0.29, 0.717) is 19.0 Å². The molecular weight excluding hydrogens is 287 g/mol. The van der Waals surface area contributed by atoms with Crippen molar-refractivity contribution in [2.75, 3.05) is 13.3 Å². The highest BCUT2D eigenvalue weighted by molar-refractivity contribution is 9.10. The number of benzene rings is 1. The van der Waals surface area contributed by atoms with E-state index in [1.54, 1.807) is 6.92 Å². The Morgan fingerprint density at radius 3 is 2.88 bits per heavy atom. The highest BCUT2D eigenvalue weighted by atomic mass is 79.9. The van der Waals surface area contributed by atoms with Crippen LogP contribution in [0.3, 0.4) is 0 Å². The number of alkyl halides is 1. The Kier molecular flexibility index (Phi) is 6.15. The van der Waals surface area contributed by atoms with Crippen LogP contribution in [0, 0.1) is 5.41 Å². The molecule has 0 bridgehead atoms. The second kappa shape index (κ2) is 7.40. The van der Waals surface area contributed by atoms with E-state index in [0.717, 1.165) is 15.6 Å². The summed E-state index contributed by atoms with van der Waals surface area (Å²) in [5.74, 6) is 0.441. The Morgan fingerprint density at radius 1 is 1.53 bits per heavy atom. The van der Waals surface area contributed by atoms with Gasteiger partial charge in [0.15, 0.2) is 0 Å². The van der Waals surface area contributed by atoms with Gasteiger partial charge in [-0.3, -0.25) is 5.41 Å². The summed E-state index contributed by atoms with van der Waals surface area (Å²) >= 11 is 3.45. The van der Waals surface area contributed by atoms with Crippen LogP contribution in [-0.2, 0) is 17.9 Å². The second-order valence-electron chi connectivity index (χ2n) is 3.65. The SMILES string of the molecule is CC(=N)NCc1ccc(COCCF)c(Br)c1. The summed E-state index contributed by atoms with van der Waals surface area (Å²) in [5, 5.41) is 10.2. The van der Waals surface area contributed by atoms with Gasteiger partial charge in [0, 0.05) is 11.0 Å². The van der Waals surface area contributed by atoms with Crippen LogP contribution in [0.5, 0.6) is 0 Å². The number of rotatable bonds is 6. The number of hydrogen-bond donors (Lipinski definition) is 2. The van der Waals surface area contributed by atoms with Gasteiger partial charge in [-0.25, -0.2) is 4.39 Å². The maximum absolute atomic E-state index is 11.9. The summed E-state index contributed by atoms with van der Waals surface area (Å²) < 4.78 is 17.9. The molecule has 0 aliphatic carbocycles. The van der Waals surface area contributed by atoms with Gasteiger partial charge in [0.05, 0.1) is 19.0 Å². The van der Waals surface area contributed by atoms with Crippen molar-refractivity contribution in [2.24, 2.45) is 0 Å². The molecule has 17 heavy (non-hydrogen) atoms. The second-order valence-corrected chi connectivity index (χ2v) is 4.50. The van der Waals surface area contributed by atoms with Crippen molar-refractivity contribution in [3.63, 3.8) is 0 Å². The van der Waals surface area contributed by atoms with Gasteiger partial charge >= 0.3 is 0 Å². The molecule has 3 nitrogen and oxygen atoms in total. The zero-order valence-electron chi connectivity index (χ0n) is 9.72. The van der Waals surface area contributed by atoms with Crippen LogP contribution in [0.1, 0.15) is 18.1 Å². The van der Waals surface area contributed by atoms with Crippen molar-refractivity contribution in [1.82, 2.24) is 5.32 Å². The van der Waals surface area contributed by atoms with Gasteiger partial charge in [-0.15, -0.1) is 0 Å². The summed E-state index contributed by atoms with van der Waals surface area (Å²) in [6.45, 7) is 2.40. The van der Waals surface area contributed by atoms with Crippen LogP contribution < -0.4 is 5.32 Å². The van der Waals surface area contributed by atoms with E-state index in [1.807, 2.05) is 18.2 Å². The van der Waals surface area contributed by atoms with Gasteiger partial charge in [-0.2, -0.15) is 0 Å². The average Bonchev–Trinajstić information content (AvgIpc) is 2.29. The first-order chi connectivity index (χ1) is 8.13. The maximum atomic E-state index is 11.9. The van der Waals surface area contributed by atoms with Gasteiger partial charge in [-0.05, 0) is 24.1 Å². The quantitative estimate of drug-likeness (QED) is 0.482. The summed E-state index contributed by atoms with van der Waals surface area (Å²) in [4.78, 5) is 0. The third-order valence-corrected chi connectivity index (χ3v) is 2.89. The standard InChI is InChI=1S/C12H16BrFN2O/c1-9(15)16-7-10-2-3-11(12(13)6-10)8-17-5-4-14/h2-3,6H,4-5,7-8H2,1H3,(H2,15,16). The van der Waals surface area contributed by atoms with Crippen molar-refractivity contribution in [2.45, 2.75) is 20.1 Å². The lowest BCUT2D eigenvalue weighted by Crippen LogP contribution is -2.18. The van der Waals surface area contributed by atoms with Crippen LogP contribution in [0.25, 0.3) is 0 Å². The molecule has 0 heterocycles. The van der Waals surface area contributed by atoms with Crippen LogP contribution >= 0.6 is 15.9 Å². The topological polar surface area (TPSA) is 45.1 Å². The number of nitrogens with one attached hydrogen (secondary N) is 2. The van der Waals surface area contributed by atoms with E-state index in [2.05, 4.69) is 21.2 Å². The molecule has 5 heteroatoms. The predicted octanol–water partition coefficient (Wildman–Crippen LogP) is 3.02. The molecule has 94 valence electrons. The molecule has 0 aliphatic rings. The molecule has 0 fully saturated rings. The van der Waals surface area contributed by atoms with Crippen molar-refractivity contribution in [3.05, 3.63) is 33.8 Å². The first-order valence-corrected chi connectivity index (χ1v) is 6.13. The zero-order chi connectivity index (χ0) is 12.7. The van der Waals surface area contributed by atoms with Gasteiger partial charge in [0.25, 0.3) is 0 Å². The molecule has 1 aromatic carbocycles. The Morgan fingerprint density at radius 2 is 2.29 bits per heavy atom. The minimum atomic E-state index is -0.460. The van der Waals surface area contributed by atoms with E-state index in [1.165, 1.54) is 0 Å². The maximum Gasteiger partial charge on any atom is 0.113 e. The van der Waals surface area contributed by atoms with Crippen molar-refractivity contribution in [3.8, 4) is 0 Å². The van der Waals surface area contributed by atoms with Crippen molar-refractivity contribution in [1.29, 1.82) is 5.41 Å². The van der Waals surface area contributed by atoms with E-state index in [4.69, 9.17) is 10.1 Å². The molecule has 1 rings (SSSR count). The third-order valence-electron chi connectivity index (χ3n) is 2.15. The molecule has 0 atom stereocenters. The lowest BCUT2D eigenvalue weighted by Gasteiger charge is -2.08. The monoisotopic (exact) mass is 302 g/mol. The molecule has 1 aromatic rings. The smallest absolute Gasteiger partial charge is 0.113 e. The summed E-state index contributed by atoms with van der Waals surface area (Å²) in [5.41, 5.74) is 2.08. The van der Waals surface area contributed by atoms with Crippen LogP contribution in [0.2, 0.25) is 0 Å². The van der Waals surface area contributed by atoms with Gasteiger partial charge in [0.1, 0.15) is 6.67 Å². The molecule has 0 unspecified atom stereocenters. The number of halogens is 2. The summed E-state index contributed by atoms with van der Waals surface area (Å²) in [7, 11) is 0. The average molecular weight is 303 g/mol. The summed E-state index contributed by atoms with van der Waals surface area (Å²) in [6.07, 6.45) is 0. The molecule has 0 amide bonds. The van der Waals surface area contributed by atoms with Crippen molar-refractivity contribution < 1.29 is 9.13 Å². The van der Waals surface area contributed by atoms with E-state index in [-0.39, 0.29) is 6.61 Å². The van der Waals surface area contributed by atoms with Crippen molar-refractivity contribution >= 4 is 21.8 Å². The molecule has 0 radical (unpaired) electrons. The molecule has 0 saturated heterocycles. The van der Waals surface area contributed by atoms with E-state index in [9.17, 15) is 4.39 Å². The lowest BCUT2D eigenvalue weighted by molar-refractivity contribution is 0.106. The molecule has 0 spiro atoms. The molecule has 0 aliphatic heterocycles. The Bertz CT molecular complexity index is 385. The minimum Gasteiger partial charge on any atom is -0.374 e. The van der Waals surface area contributed by atoms with Gasteiger partial charge in [-0.1, -0.05) is 28.1 Å². The van der Waals surface area contributed by atoms with Gasteiger partial charge in [0.2, 0.25) is 0 Å². The van der Waals surface area contributed by atoms with Crippen LogP contribution in [0.15, 0.2) is 22.7 Å². The molecule has 0 saturated carbocycles. The Balaban J connectivity index is 2.56. The molecule has 2 N–H and O–H groups in total. The lowest BCUT2D eigenvalue weighted by atomic mass is 10.1. The van der Waals surface area contributed by atoms with E-state index < -0.39 is 6.67 Å². The highest BCUT2D eigenvalue weighted by Gasteiger charge is 2.02. The Hall–Kier alpha value is -0.940. The first kappa shape index (κ1) is 14.1. The zero-order valence-corrected chi connectivity index (χ0v) is 11.3. The van der Waals surface area contributed by atoms with E-state index >= 15 is 0 Å². The number of hydrogen-bond acceptors (Lipinski definition) is 2. The fraction of sp³-hybridized carbons (Fsp3) is 0.417. The highest BCUT2D eigenvalue weighted by Crippen LogP contribution is 2.19. The van der Waals surface area contributed by atoms with Gasteiger partial charge < -0.3 is 10.1 Å². The summed E-state index contributed by atoms with van der Waals surface area (Å²) in [6, 6.07) is 5.89. The fourth-order valence-corrected chi connectivity index (χ4v) is 1.83. The Labute approximate surface area is 109 Å².